The molecule has 1 N–H and O–H groups in total. The molecule has 1 aliphatic carbocycles. The quantitative estimate of drug-likeness (QED) is 0.831. The standard InChI is InChI=1S/C14H18BrNO/c1-2-11(9-15)16-14(17)13-8-12(13)10-6-4-3-5-7-10/h3-7,11-13H,2,8-9H2,1H3,(H,16,17). The Morgan fingerprint density at radius 2 is 2.18 bits per heavy atom. The van der Waals surface area contributed by atoms with Crippen molar-refractivity contribution in [3.8, 4) is 0 Å². The van der Waals surface area contributed by atoms with Crippen molar-refractivity contribution in [3.63, 3.8) is 0 Å². The van der Waals surface area contributed by atoms with Crippen molar-refractivity contribution in [3.05, 3.63) is 35.9 Å². The summed E-state index contributed by atoms with van der Waals surface area (Å²) in [5.41, 5.74) is 1.29. The zero-order valence-corrected chi connectivity index (χ0v) is 11.6. The average molecular weight is 296 g/mol. The number of carbonyl (C=O) groups excluding carboxylic acids is 1. The summed E-state index contributed by atoms with van der Waals surface area (Å²) in [5, 5.41) is 3.92. The fourth-order valence-corrected chi connectivity index (χ4v) is 2.73. The molecule has 1 fully saturated rings. The molecule has 3 unspecified atom stereocenters. The second-order valence-electron chi connectivity index (χ2n) is 4.63. The molecule has 1 aliphatic rings. The van der Waals surface area contributed by atoms with Crippen LogP contribution in [0.5, 0.6) is 0 Å². The molecule has 1 aromatic carbocycles. The summed E-state index contributed by atoms with van der Waals surface area (Å²) in [6.45, 7) is 2.09. The van der Waals surface area contributed by atoms with Gasteiger partial charge in [0.2, 0.25) is 5.91 Å². The lowest BCUT2D eigenvalue weighted by atomic mass is 10.1. The van der Waals surface area contributed by atoms with E-state index in [2.05, 4.69) is 40.3 Å². The van der Waals surface area contributed by atoms with Gasteiger partial charge in [0, 0.05) is 17.3 Å². The van der Waals surface area contributed by atoms with Crippen molar-refractivity contribution in [2.24, 2.45) is 5.92 Å². The summed E-state index contributed by atoms with van der Waals surface area (Å²) in [7, 11) is 0. The van der Waals surface area contributed by atoms with Crippen LogP contribution in [0, 0.1) is 5.92 Å². The van der Waals surface area contributed by atoms with E-state index < -0.39 is 0 Å². The highest BCUT2D eigenvalue weighted by Crippen LogP contribution is 2.47. The molecule has 0 aromatic heterocycles. The predicted octanol–water partition coefficient (Wildman–Crippen LogP) is 3.08. The second kappa shape index (κ2) is 5.67. The number of nitrogens with one attached hydrogen (secondary N) is 1. The van der Waals surface area contributed by atoms with Gasteiger partial charge in [0.25, 0.3) is 0 Å². The Hall–Kier alpha value is -0.830. The van der Waals surface area contributed by atoms with Gasteiger partial charge in [0.05, 0.1) is 0 Å². The molecule has 0 heterocycles. The van der Waals surface area contributed by atoms with Crippen LogP contribution in [0.4, 0.5) is 0 Å². The molecule has 0 spiro atoms. The molecule has 0 aliphatic heterocycles. The fourth-order valence-electron chi connectivity index (χ4n) is 2.11. The van der Waals surface area contributed by atoms with E-state index in [4.69, 9.17) is 0 Å². The molecule has 0 bridgehead atoms. The van der Waals surface area contributed by atoms with E-state index in [-0.39, 0.29) is 17.9 Å². The molecule has 0 saturated heterocycles. The van der Waals surface area contributed by atoms with Gasteiger partial charge >= 0.3 is 0 Å². The Morgan fingerprint density at radius 3 is 2.76 bits per heavy atom. The highest BCUT2D eigenvalue weighted by Gasteiger charge is 2.44. The van der Waals surface area contributed by atoms with E-state index in [1.54, 1.807) is 0 Å². The molecular formula is C14H18BrNO. The molecule has 2 rings (SSSR count). The van der Waals surface area contributed by atoms with E-state index in [1.807, 2.05) is 18.2 Å². The van der Waals surface area contributed by atoms with Gasteiger partial charge in [-0.25, -0.2) is 0 Å². The molecule has 3 heteroatoms. The molecular weight excluding hydrogens is 278 g/mol. The van der Waals surface area contributed by atoms with Gasteiger partial charge < -0.3 is 5.32 Å². The number of halogens is 1. The van der Waals surface area contributed by atoms with Gasteiger partial charge in [-0.1, -0.05) is 53.2 Å². The maximum absolute atomic E-state index is 12.0. The van der Waals surface area contributed by atoms with Crippen LogP contribution in [0.15, 0.2) is 30.3 Å². The molecule has 0 radical (unpaired) electrons. The number of rotatable bonds is 5. The number of carbonyl (C=O) groups is 1. The number of alkyl halides is 1. The first kappa shape index (κ1) is 12.6. The van der Waals surface area contributed by atoms with E-state index in [0.717, 1.165) is 18.2 Å². The van der Waals surface area contributed by atoms with Crippen LogP contribution in [-0.4, -0.2) is 17.3 Å². The van der Waals surface area contributed by atoms with Crippen LogP contribution in [0.1, 0.15) is 31.2 Å². The first-order valence-corrected chi connectivity index (χ1v) is 7.29. The summed E-state index contributed by atoms with van der Waals surface area (Å²) in [5.74, 6) is 0.833. The number of benzene rings is 1. The summed E-state index contributed by atoms with van der Waals surface area (Å²) in [4.78, 5) is 12.0. The van der Waals surface area contributed by atoms with Gasteiger partial charge in [-0.05, 0) is 24.3 Å². The smallest absolute Gasteiger partial charge is 0.223 e. The maximum Gasteiger partial charge on any atom is 0.223 e. The topological polar surface area (TPSA) is 29.1 Å². The molecule has 92 valence electrons. The third-order valence-electron chi connectivity index (χ3n) is 3.38. The van der Waals surface area contributed by atoms with Crippen LogP contribution >= 0.6 is 15.9 Å². The Morgan fingerprint density at radius 1 is 1.47 bits per heavy atom. The highest BCUT2D eigenvalue weighted by atomic mass is 79.9. The number of hydrogen-bond acceptors (Lipinski definition) is 1. The van der Waals surface area contributed by atoms with Gasteiger partial charge in [-0.2, -0.15) is 0 Å². The molecule has 1 aromatic rings. The van der Waals surface area contributed by atoms with E-state index in [1.165, 1.54) is 5.56 Å². The Kier molecular flexibility index (Phi) is 4.21. The molecule has 3 atom stereocenters. The van der Waals surface area contributed by atoms with Crippen LogP contribution in [0.3, 0.4) is 0 Å². The lowest BCUT2D eigenvalue weighted by Gasteiger charge is -2.13. The Bertz CT molecular complexity index is 375. The Balaban J connectivity index is 1.88. The van der Waals surface area contributed by atoms with Crippen LogP contribution in [0.25, 0.3) is 0 Å². The van der Waals surface area contributed by atoms with Crippen molar-refractivity contribution in [1.29, 1.82) is 0 Å². The van der Waals surface area contributed by atoms with Crippen LogP contribution in [0.2, 0.25) is 0 Å². The predicted molar refractivity (Wildman–Crippen MR) is 73.3 cm³/mol. The zero-order valence-electron chi connectivity index (χ0n) is 10.0. The third-order valence-corrected chi connectivity index (χ3v) is 4.16. The molecule has 1 amide bonds. The van der Waals surface area contributed by atoms with E-state index in [9.17, 15) is 4.79 Å². The minimum Gasteiger partial charge on any atom is -0.352 e. The summed E-state index contributed by atoms with van der Waals surface area (Å²) >= 11 is 3.42. The summed E-state index contributed by atoms with van der Waals surface area (Å²) < 4.78 is 0. The summed E-state index contributed by atoms with van der Waals surface area (Å²) in [6.07, 6.45) is 1.97. The van der Waals surface area contributed by atoms with Crippen LogP contribution < -0.4 is 5.32 Å². The first-order chi connectivity index (χ1) is 8.26. The molecule has 17 heavy (non-hydrogen) atoms. The number of hydrogen-bond donors (Lipinski definition) is 1. The SMILES string of the molecule is CCC(CBr)NC(=O)C1CC1c1ccccc1. The average Bonchev–Trinajstić information content (AvgIpc) is 3.17. The largest absolute Gasteiger partial charge is 0.352 e. The highest BCUT2D eigenvalue weighted by molar-refractivity contribution is 9.09. The number of amides is 1. The van der Waals surface area contributed by atoms with Crippen LogP contribution in [-0.2, 0) is 4.79 Å². The van der Waals surface area contributed by atoms with Gasteiger partial charge in [-0.3, -0.25) is 4.79 Å². The lowest BCUT2D eigenvalue weighted by Crippen LogP contribution is -2.36. The van der Waals surface area contributed by atoms with Crippen molar-refractivity contribution in [1.82, 2.24) is 5.32 Å². The van der Waals surface area contributed by atoms with E-state index in [0.29, 0.717) is 5.92 Å². The monoisotopic (exact) mass is 295 g/mol. The second-order valence-corrected chi connectivity index (χ2v) is 5.27. The Labute approximate surface area is 111 Å². The van der Waals surface area contributed by atoms with Gasteiger partial charge in [-0.15, -0.1) is 0 Å². The lowest BCUT2D eigenvalue weighted by molar-refractivity contribution is -0.123. The van der Waals surface area contributed by atoms with Crippen molar-refractivity contribution < 1.29 is 4.79 Å². The third kappa shape index (κ3) is 3.09. The summed E-state index contributed by atoms with van der Waals surface area (Å²) in [6, 6.07) is 10.6. The fraction of sp³-hybridized carbons (Fsp3) is 0.500. The zero-order chi connectivity index (χ0) is 12.3. The molecule has 1 saturated carbocycles. The molecule has 2 nitrogen and oxygen atoms in total. The van der Waals surface area contributed by atoms with Crippen molar-refractivity contribution in [2.75, 3.05) is 5.33 Å². The minimum atomic E-state index is 0.186. The van der Waals surface area contributed by atoms with Gasteiger partial charge in [0.15, 0.2) is 0 Å². The minimum absolute atomic E-state index is 0.186. The maximum atomic E-state index is 12.0. The van der Waals surface area contributed by atoms with Crippen molar-refractivity contribution >= 4 is 21.8 Å². The van der Waals surface area contributed by atoms with Gasteiger partial charge in [0.1, 0.15) is 0 Å². The first-order valence-electron chi connectivity index (χ1n) is 6.17. The van der Waals surface area contributed by atoms with Crippen molar-refractivity contribution in [2.45, 2.75) is 31.7 Å². The van der Waals surface area contributed by atoms with E-state index >= 15 is 0 Å². The normalized spacial score (nSPS) is 24.1.